The summed E-state index contributed by atoms with van der Waals surface area (Å²) in [5.41, 5.74) is 0. The predicted molar refractivity (Wildman–Crippen MR) is 47.7 cm³/mol. The van der Waals surface area contributed by atoms with Crippen LogP contribution in [0.5, 0.6) is 0 Å². The summed E-state index contributed by atoms with van der Waals surface area (Å²) in [6, 6.07) is -0.819. The molecule has 14 heavy (non-hydrogen) atoms. The van der Waals surface area contributed by atoms with Crippen LogP contribution in [0.1, 0.15) is 26.2 Å². The molecule has 0 aromatic heterocycles. The number of piperidine rings is 1. The fourth-order valence-electron chi connectivity index (χ4n) is 1.63. The van der Waals surface area contributed by atoms with Crippen molar-refractivity contribution >= 4 is 17.7 Å². The highest BCUT2D eigenvalue weighted by atomic mass is 16.4. The van der Waals surface area contributed by atoms with Gasteiger partial charge in [-0.15, -0.1) is 0 Å². The van der Waals surface area contributed by atoms with Crippen molar-refractivity contribution in [1.82, 2.24) is 4.90 Å². The van der Waals surface area contributed by atoms with E-state index in [-0.39, 0.29) is 0 Å². The first kappa shape index (κ1) is 10.7. The Balaban J connectivity index is 2.77. The highest BCUT2D eigenvalue weighted by molar-refractivity contribution is 6.35. The minimum absolute atomic E-state index is 0.370. The number of likely N-dealkylation sites (tertiary alicyclic amines) is 1. The molecule has 1 unspecified atom stereocenters. The van der Waals surface area contributed by atoms with Gasteiger partial charge in [0, 0.05) is 13.5 Å². The van der Waals surface area contributed by atoms with E-state index in [9.17, 15) is 14.4 Å². The maximum Gasteiger partial charge on any atom is 0.326 e. The van der Waals surface area contributed by atoms with Crippen LogP contribution in [0.15, 0.2) is 0 Å². The molecule has 1 heterocycles. The van der Waals surface area contributed by atoms with E-state index in [4.69, 9.17) is 5.11 Å². The summed E-state index contributed by atoms with van der Waals surface area (Å²) in [7, 11) is 0. The summed E-state index contributed by atoms with van der Waals surface area (Å²) >= 11 is 0. The standard InChI is InChI=1S/C9H13NO4/c1-6(11)8(12)10-5-3-2-4-7(10)9(13)14/h7H,2-5H2,1H3,(H,13,14). The SMILES string of the molecule is CC(=O)C(=O)N1CCCCC1C(=O)O. The number of carbonyl (C=O) groups is 3. The third kappa shape index (κ3) is 2.10. The van der Waals surface area contributed by atoms with Gasteiger partial charge in [0.1, 0.15) is 6.04 Å². The molecule has 5 nitrogen and oxygen atoms in total. The number of carboxylic acids is 1. The van der Waals surface area contributed by atoms with Crippen LogP contribution in [-0.2, 0) is 14.4 Å². The molecule has 1 saturated heterocycles. The Hall–Kier alpha value is -1.39. The molecular weight excluding hydrogens is 186 g/mol. The Morgan fingerprint density at radius 2 is 1.93 bits per heavy atom. The lowest BCUT2D eigenvalue weighted by Crippen LogP contribution is -2.49. The first-order chi connectivity index (χ1) is 6.54. The number of Topliss-reactive ketones (excluding diaryl/α,β-unsaturated/α-hetero) is 1. The van der Waals surface area contributed by atoms with Crippen molar-refractivity contribution < 1.29 is 19.5 Å². The summed E-state index contributed by atoms with van der Waals surface area (Å²) in [4.78, 5) is 34.1. The van der Waals surface area contributed by atoms with E-state index in [1.165, 1.54) is 0 Å². The van der Waals surface area contributed by atoms with E-state index in [2.05, 4.69) is 0 Å². The summed E-state index contributed by atoms with van der Waals surface area (Å²) in [6.07, 6.45) is 2.00. The summed E-state index contributed by atoms with van der Waals surface area (Å²) in [6.45, 7) is 1.53. The van der Waals surface area contributed by atoms with E-state index in [0.29, 0.717) is 13.0 Å². The quantitative estimate of drug-likeness (QED) is 0.637. The Morgan fingerprint density at radius 1 is 1.29 bits per heavy atom. The molecule has 1 aliphatic heterocycles. The lowest BCUT2D eigenvalue weighted by Gasteiger charge is -2.31. The molecule has 0 bridgehead atoms. The van der Waals surface area contributed by atoms with E-state index in [1.54, 1.807) is 0 Å². The summed E-state index contributed by atoms with van der Waals surface area (Å²) in [5, 5.41) is 8.83. The molecule has 0 spiro atoms. The van der Waals surface area contributed by atoms with Gasteiger partial charge < -0.3 is 10.0 Å². The average molecular weight is 199 g/mol. The lowest BCUT2D eigenvalue weighted by atomic mass is 10.0. The van der Waals surface area contributed by atoms with Gasteiger partial charge in [0.2, 0.25) is 5.78 Å². The van der Waals surface area contributed by atoms with Crippen LogP contribution in [0.3, 0.4) is 0 Å². The van der Waals surface area contributed by atoms with Crippen molar-refractivity contribution in [3.63, 3.8) is 0 Å². The van der Waals surface area contributed by atoms with Gasteiger partial charge in [0.25, 0.3) is 5.91 Å². The maximum absolute atomic E-state index is 11.3. The molecule has 1 atom stereocenters. The minimum Gasteiger partial charge on any atom is -0.480 e. The fraction of sp³-hybridized carbons (Fsp3) is 0.667. The molecular formula is C9H13NO4. The molecule has 0 aromatic carbocycles. The minimum atomic E-state index is -1.03. The van der Waals surface area contributed by atoms with Crippen LogP contribution in [0.4, 0.5) is 0 Å². The van der Waals surface area contributed by atoms with Crippen LogP contribution in [-0.4, -0.2) is 40.3 Å². The zero-order valence-corrected chi connectivity index (χ0v) is 8.02. The number of aliphatic carboxylic acids is 1. The largest absolute Gasteiger partial charge is 0.480 e. The average Bonchev–Trinajstić information content (AvgIpc) is 2.16. The van der Waals surface area contributed by atoms with Gasteiger partial charge >= 0.3 is 5.97 Å². The Bertz CT molecular complexity index is 274. The number of hydrogen-bond acceptors (Lipinski definition) is 3. The first-order valence-corrected chi connectivity index (χ1v) is 4.58. The van der Waals surface area contributed by atoms with Crippen molar-refractivity contribution in [2.45, 2.75) is 32.2 Å². The highest BCUT2D eigenvalue weighted by Crippen LogP contribution is 2.17. The predicted octanol–water partition coefficient (Wildman–Crippen LogP) is 0.0411. The molecule has 1 fully saturated rings. The molecule has 0 radical (unpaired) electrons. The van der Waals surface area contributed by atoms with Crippen molar-refractivity contribution in [3.05, 3.63) is 0 Å². The van der Waals surface area contributed by atoms with Gasteiger partial charge in [-0.3, -0.25) is 9.59 Å². The monoisotopic (exact) mass is 199 g/mol. The molecule has 0 aliphatic carbocycles. The van der Waals surface area contributed by atoms with Gasteiger partial charge in [-0.1, -0.05) is 0 Å². The van der Waals surface area contributed by atoms with Gasteiger partial charge in [0.05, 0.1) is 0 Å². The van der Waals surface area contributed by atoms with Crippen LogP contribution in [0.25, 0.3) is 0 Å². The summed E-state index contributed by atoms with van der Waals surface area (Å²) in [5.74, 6) is -2.31. The number of carbonyl (C=O) groups excluding carboxylic acids is 2. The molecule has 78 valence electrons. The van der Waals surface area contributed by atoms with Crippen LogP contribution in [0, 0.1) is 0 Å². The Kier molecular flexibility index (Phi) is 3.22. The van der Waals surface area contributed by atoms with Crippen LogP contribution < -0.4 is 0 Å². The zero-order chi connectivity index (χ0) is 10.7. The smallest absolute Gasteiger partial charge is 0.326 e. The van der Waals surface area contributed by atoms with E-state index >= 15 is 0 Å². The van der Waals surface area contributed by atoms with Crippen LogP contribution >= 0.6 is 0 Å². The van der Waals surface area contributed by atoms with Crippen molar-refractivity contribution in [1.29, 1.82) is 0 Å². The molecule has 1 rings (SSSR count). The van der Waals surface area contributed by atoms with E-state index in [0.717, 1.165) is 24.7 Å². The van der Waals surface area contributed by atoms with Crippen molar-refractivity contribution in [3.8, 4) is 0 Å². The van der Waals surface area contributed by atoms with Crippen LogP contribution in [0.2, 0.25) is 0 Å². The Labute approximate surface area is 81.7 Å². The number of ketones is 1. The van der Waals surface area contributed by atoms with Gasteiger partial charge in [-0.2, -0.15) is 0 Å². The zero-order valence-electron chi connectivity index (χ0n) is 8.02. The molecule has 1 aliphatic rings. The van der Waals surface area contributed by atoms with Gasteiger partial charge in [-0.25, -0.2) is 4.79 Å². The number of carboxylic acid groups (broad SMARTS) is 1. The molecule has 0 aromatic rings. The number of rotatable bonds is 2. The second kappa shape index (κ2) is 4.21. The molecule has 1 N–H and O–H groups in total. The summed E-state index contributed by atoms with van der Waals surface area (Å²) < 4.78 is 0. The number of nitrogens with zero attached hydrogens (tertiary/aromatic N) is 1. The van der Waals surface area contributed by atoms with E-state index < -0.39 is 23.7 Å². The van der Waals surface area contributed by atoms with Gasteiger partial charge in [0.15, 0.2) is 0 Å². The van der Waals surface area contributed by atoms with E-state index in [1.807, 2.05) is 0 Å². The third-order valence-corrected chi connectivity index (χ3v) is 2.35. The Morgan fingerprint density at radius 3 is 2.43 bits per heavy atom. The normalized spacial score (nSPS) is 21.8. The number of hydrogen-bond donors (Lipinski definition) is 1. The second-order valence-electron chi connectivity index (χ2n) is 3.40. The molecule has 0 saturated carbocycles. The van der Waals surface area contributed by atoms with Gasteiger partial charge in [-0.05, 0) is 19.3 Å². The number of amides is 1. The maximum atomic E-state index is 11.3. The third-order valence-electron chi connectivity index (χ3n) is 2.35. The molecule has 5 heteroatoms. The first-order valence-electron chi connectivity index (χ1n) is 4.58. The highest BCUT2D eigenvalue weighted by Gasteiger charge is 2.33. The topological polar surface area (TPSA) is 74.7 Å². The lowest BCUT2D eigenvalue weighted by molar-refractivity contribution is -0.155. The van der Waals surface area contributed by atoms with Crippen molar-refractivity contribution in [2.75, 3.05) is 6.54 Å². The second-order valence-corrected chi connectivity index (χ2v) is 3.40. The van der Waals surface area contributed by atoms with Crippen molar-refractivity contribution in [2.24, 2.45) is 0 Å². The molecule has 1 amide bonds. The fourth-order valence-corrected chi connectivity index (χ4v) is 1.63.